The average molecular weight is 462 g/mol. The molecular weight excluding hydrogens is 446 g/mol. The molecule has 0 radical (unpaired) electrons. The Bertz CT molecular complexity index is 1330. The second kappa shape index (κ2) is 9.13. The lowest BCUT2D eigenvalue weighted by molar-refractivity contribution is -0.0379. The quantitative estimate of drug-likeness (QED) is 0.323. The number of ether oxygens (including phenoxy) is 2. The van der Waals surface area contributed by atoms with Gasteiger partial charge in [-0.3, -0.25) is 9.89 Å². The van der Waals surface area contributed by atoms with Crippen molar-refractivity contribution >= 4 is 31.1 Å². The number of nitrogens with one attached hydrogen (secondary N) is 1. The Morgan fingerprint density at radius 1 is 1.19 bits per heavy atom. The highest BCUT2D eigenvalue weighted by Gasteiger charge is 2.18. The van der Waals surface area contributed by atoms with Gasteiger partial charge in [0.25, 0.3) is 14.6 Å². The number of para-hydroxylation sites is 1. The van der Waals surface area contributed by atoms with Crippen molar-refractivity contribution in [2.24, 2.45) is 10.2 Å². The lowest BCUT2D eigenvalue weighted by Gasteiger charge is -2.14. The summed E-state index contributed by atoms with van der Waals surface area (Å²) in [6.45, 7) is 1.62. The van der Waals surface area contributed by atoms with Crippen LogP contribution in [0.15, 0.2) is 68.4 Å². The van der Waals surface area contributed by atoms with Gasteiger partial charge in [0.1, 0.15) is 17.5 Å². The van der Waals surface area contributed by atoms with Gasteiger partial charge in [-0.15, -0.1) is 10.2 Å². The minimum atomic E-state index is -4.05. The highest BCUT2D eigenvalue weighted by atomic mass is 35.7. The first-order valence-electron chi connectivity index (χ1n) is 8.75. The number of hydrogen-bond donors (Lipinski definition) is 1. The number of aromatic amines is 1. The number of H-pyrrole nitrogens is 1. The van der Waals surface area contributed by atoms with Crippen molar-refractivity contribution in [1.29, 1.82) is 5.26 Å². The van der Waals surface area contributed by atoms with E-state index in [0.717, 1.165) is 10.7 Å². The molecule has 0 saturated carbocycles. The minimum absolute atomic E-state index is 0.0265. The van der Waals surface area contributed by atoms with E-state index in [1.165, 1.54) is 19.2 Å². The van der Waals surface area contributed by atoms with Crippen molar-refractivity contribution in [1.82, 2.24) is 9.78 Å². The maximum atomic E-state index is 12.8. The third-order valence-corrected chi connectivity index (χ3v) is 5.44. The van der Waals surface area contributed by atoms with Crippen LogP contribution in [0.3, 0.4) is 0 Å². The summed E-state index contributed by atoms with van der Waals surface area (Å²) in [5.74, 6) is 0.139. The fraction of sp³-hybridized carbons (Fsp3) is 0.158. The number of nitriles is 1. The summed E-state index contributed by atoms with van der Waals surface area (Å²) in [6.07, 6.45) is -0.676. The first-order chi connectivity index (χ1) is 14.7. The van der Waals surface area contributed by atoms with Gasteiger partial charge in [-0.05, 0) is 37.3 Å². The monoisotopic (exact) mass is 461 g/mol. The van der Waals surface area contributed by atoms with Crippen LogP contribution < -0.4 is 10.3 Å². The zero-order valence-corrected chi connectivity index (χ0v) is 17.9. The minimum Gasteiger partial charge on any atom is -0.463 e. The fourth-order valence-electron chi connectivity index (χ4n) is 2.52. The number of aromatic nitrogens is 2. The molecule has 3 aromatic rings. The number of nitrogens with zero attached hydrogens (tertiary/aromatic N) is 4. The summed E-state index contributed by atoms with van der Waals surface area (Å²) in [4.78, 5) is 12.5. The maximum Gasteiger partial charge on any atom is 0.300 e. The predicted molar refractivity (Wildman–Crippen MR) is 112 cm³/mol. The Kier molecular flexibility index (Phi) is 6.55. The van der Waals surface area contributed by atoms with Crippen LogP contribution in [-0.4, -0.2) is 31.6 Å². The molecule has 31 heavy (non-hydrogen) atoms. The number of methoxy groups -OCH3 is 1. The van der Waals surface area contributed by atoms with Gasteiger partial charge in [0.15, 0.2) is 17.7 Å². The van der Waals surface area contributed by atoms with E-state index in [1.807, 2.05) is 6.07 Å². The molecule has 0 amide bonds. The topological polar surface area (TPSA) is 139 Å². The van der Waals surface area contributed by atoms with Gasteiger partial charge in [0, 0.05) is 17.8 Å². The molecule has 0 fully saturated rings. The van der Waals surface area contributed by atoms with Crippen LogP contribution in [0.4, 0.5) is 11.4 Å². The Morgan fingerprint density at radius 2 is 1.90 bits per heavy atom. The van der Waals surface area contributed by atoms with Crippen LogP contribution in [-0.2, 0) is 13.8 Å². The van der Waals surface area contributed by atoms with Crippen LogP contribution >= 0.6 is 10.7 Å². The molecule has 1 atom stereocenters. The number of halogens is 1. The molecule has 1 aromatic heterocycles. The van der Waals surface area contributed by atoms with Gasteiger partial charge in [-0.1, -0.05) is 18.2 Å². The predicted octanol–water partition coefficient (Wildman–Crippen LogP) is 3.75. The maximum absolute atomic E-state index is 12.8. The lowest BCUT2D eigenvalue weighted by Crippen LogP contribution is -2.14. The first-order valence-corrected chi connectivity index (χ1v) is 11.1. The van der Waals surface area contributed by atoms with Crippen LogP contribution in [0.25, 0.3) is 5.69 Å². The van der Waals surface area contributed by atoms with E-state index in [-0.39, 0.29) is 27.7 Å². The van der Waals surface area contributed by atoms with Gasteiger partial charge < -0.3 is 9.47 Å². The van der Waals surface area contributed by atoms with E-state index >= 15 is 0 Å². The van der Waals surface area contributed by atoms with E-state index in [2.05, 4.69) is 15.3 Å². The van der Waals surface area contributed by atoms with E-state index in [9.17, 15) is 18.5 Å². The highest BCUT2D eigenvalue weighted by molar-refractivity contribution is 8.13. The van der Waals surface area contributed by atoms with Crippen molar-refractivity contribution < 1.29 is 17.9 Å². The Morgan fingerprint density at radius 3 is 2.52 bits per heavy atom. The second-order valence-corrected chi connectivity index (χ2v) is 8.68. The SMILES string of the molecule is COC(C)Oc1ccc(S(=O)(=O)Cl)cc1N=Nc1c(C#N)[nH]n(-c2ccccc2)c1=O. The smallest absolute Gasteiger partial charge is 0.300 e. The third kappa shape index (κ3) is 5.00. The summed E-state index contributed by atoms with van der Waals surface area (Å²) < 4.78 is 35.1. The van der Waals surface area contributed by atoms with E-state index in [4.69, 9.17) is 20.2 Å². The average Bonchev–Trinajstić information content (AvgIpc) is 3.08. The van der Waals surface area contributed by atoms with Crippen molar-refractivity contribution in [2.45, 2.75) is 18.1 Å². The molecule has 1 unspecified atom stereocenters. The zero-order valence-electron chi connectivity index (χ0n) is 16.3. The van der Waals surface area contributed by atoms with Gasteiger partial charge >= 0.3 is 0 Å². The molecular formula is C19H16ClN5O5S. The van der Waals surface area contributed by atoms with Gasteiger partial charge in [0.05, 0.1) is 10.6 Å². The Hall–Kier alpha value is -3.46. The highest BCUT2D eigenvalue weighted by Crippen LogP contribution is 2.33. The zero-order chi connectivity index (χ0) is 22.6. The van der Waals surface area contributed by atoms with Crippen molar-refractivity contribution in [2.75, 3.05) is 7.11 Å². The molecule has 160 valence electrons. The molecule has 10 nitrogen and oxygen atoms in total. The van der Waals surface area contributed by atoms with Gasteiger partial charge in [0.2, 0.25) is 0 Å². The number of rotatable bonds is 7. The number of azo groups is 1. The summed E-state index contributed by atoms with van der Waals surface area (Å²) in [6, 6.07) is 14.2. The molecule has 3 rings (SSSR count). The van der Waals surface area contributed by atoms with Crippen molar-refractivity contribution in [3.63, 3.8) is 0 Å². The summed E-state index contributed by atoms with van der Waals surface area (Å²) in [5.41, 5.74) is -0.511. The van der Waals surface area contributed by atoms with E-state index in [1.54, 1.807) is 37.3 Å². The number of benzene rings is 2. The third-order valence-electron chi connectivity index (χ3n) is 4.09. The Labute approximate surface area is 181 Å². The van der Waals surface area contributed by atoms with E-state index in [0.29, 0.717) is 5.69 Å². The molecule has 0 bridgehead atoms. The molecule has 12 heteroatoms. The first kappa shape index (κ1) is 22.2. The molecule has 0 aliphatic heterocycles. The second-order valence-electron chi connectivity index (χ2n) is 6.11. The van der Waals surface area contributed by atoms with Crippen LogP contribution in [0.1, 0.15) is 12.6 Å². The van der Waals surface area contributed by atoms with Gasteiger partial charge in [-0.25, -0.2) is 13.1 Å². The molecule has 0 aliphatic carbocycles. The molecule has 0 aliphatic rings. The molecule has 0 saturated heterocycles. The molecule has 1 N–H and O–H groups in total. The Balaban J connectivity index is 2.10. The van der Waals surface area contributed by atoms with Crippen LogP contribution in [0.2, 0.25) is 0 Å². The van der Waals surface area contributed by atoms with Crippen LogP contribution in [0, 0.1) is 11.3 Å². The summed E-state index contributed by atoms with van der Waals surface area (Å²) >= 11 is 0. The largest absolute Gasteiger partial charge is 0.463 e. The van der Waals surface area contributed by atoms with E-state index < -0.39 is 20.9 Å². The standard InChI is InChI=1S/C19H16ClN5O5S/c1-12(29-2)30-17-9-8-14(31(20,27)28)10-15(17)22-23-18-16(11-21)24-25(19(18)26)13-6-4-3-5-7-13/h3-10,12,24H,1-2H3. The summed E-state index contributed by atoms with van der Waals surface area (Å²) in [5, 5.41) is 19.9. The lowest BCUT2D eigenvalue weighted by atomic mass is 10.3. The molecule has 2 aromatic carbocycles. The normalized spacial score (nSPS) is 12.6. The van der Waals surface area contributed by atoms with Crippen molar-refractivity contribution in [3.05, 3.63) is 64.6 Å². The summed E-state index contributed by atoms with van der Waals surface area (Å²) in [7, 11) is 2.78. The molecule has 0 spiro atoms. The van der Waals surface area contributed by atoms with Crippen LogP contribution in [0.5, 0.6) is 5.75 Å². The van der Waals surface area contributed by atoms with Crippen molar-refractivity contribution in [3.8, 4) is 17.5 Å². The molecule has 1 heterocycles. The fourth-order valence-corrected chi connectivity index (χ4v) is 3.29. The van der Waals surface area contributed by atoms with Gasteiger partial charge in [-0.2, -0.15) is 5.26 Å². The number of hydrogen-bond acceptors (Lipinski definition) is 8.